The molecule has 0 N–H and O–H groups in total. The molecular formula is C20H20N8O3S. The minimum atomic E-state index is -3.26. The van der Waals surface area contributed by atoms with Crippen LogP contribution in [0, 0.1) is 11.3 Å². The van der Waals surface area contributed by atoms with Crippen LogP contribution in [0.4, 0.5) is 0 Å². The molecule has 0 radical (unpaired) electrons. The fourth-order valence-corrected chi connectivity index (χ4v) is 5.12. The highest BCUT2D eigenvalue weighted by molar-refractivity contribution is 7.88. The molecule has 1 saturated heterocycles. The first-order valence-corrected chi connectivity index (χ1v) is 11.9. The van der Waals surface area contributed by atoms with E-state index in [0.717, 1.165) is 0 Å². The van der Waals surface area contributed by atoms with Gasteiger partial charge in [0.05, 0.1) is 41.4 Å². The fraction of sp³-hybridized carbons (Fsp3) is 0.350. The second-order valence-corrected chi connectivity index (χ2v) is 9.90. The number of nitriles is 1. The zero-order valence-electron chi connectivity index (χ0n) is 17.5. The molecule has 1 aliphatic rings. The highest BCUT2D eigenvalue weighted by Crippen LogP contribution is 2.28. The lowest BCUT2D eigenvalue weighted by Gasteiger charge is -2.30. The van der Waals surface area contributed by atoms with Crippen molar-refractivity contribution in [3.8, 4) is 17.5 Å². The van der Waals surface area contributed by atoms with Crippen molar-refractivity contribution in [2.45, 2.75) is 18.9 Å². The van der Waals surface area contributed by atoms with Gasteiger partial charge in [0.15, 0.2) is 11.5 Å². The maximum atomic E-state index is 13.0. The fourth-order valence-electron chi connectivity index (χ4n) is 4.25. The van der Waals surface area contributed by atoms with Gasteiger partial charge >= 0.3 is 5.69 Å². The zero-order chi connectivity index (χ0) is 22.6. The molecule has 11 nitrogen and oxygen atoms in total. The molecule has 1 aliphatic heterocycles. The van der Waals surface area contributed by atoms with E-state index < -0.39 is 10.0 Å². The topological polar surface area (TPSA) is 131 Å². The third-order valence-corrected chi connectivity index (χ3v) is 7.28. The van der Waals surface area contributed by atoms with Crippen LogP contribution in [-0.4, -0.2) is 60.8 Å². The number of nitrogens with zero attached hydrogens (tertiary/aromatic N) is 8. The molecule has 12 heteroatoms. The SMILES string of the molecule is Cn1c(=O)n(C2CCN(S(C)(=O)=O)CC2)c2nc(-c3cnn4ccc(C#N)cc34)ncc21. The highest BCUT2D eigenvalue weighted by Gasteiger charge is 2.29. The van der Waals surface area contributed by atoms with E-state index in [4.69, 9.17) is 4.98 Å². The van der Waals surface area contributed by atoms with E-state index in [2.05, 4.69) is 16.2 Å². The number of hydrogen-bond acceptors (Lipinski definition) is 7. The lowest BCUT2D eigenvalue weighted by molar-refractivity contribution is 0.274. The van der Waals surface area contributed by atoms with Crippen molar-refractivity contribution >= 4 is 26.7 Å². The Bertz CT molecular complexity index is 1570. The molecule has 0 amide bonds. The van der Waals surface area contributed by atoms with Gasteiger partial charge in [0, 0.05) is 32.4 Å². The molecule has 4 aromatic rings. The molecule has 164 valence electrons. The highest BCUT2D eigenvalue weighted by atomic mass is 32.2. The van der Waals surface area contributed by atoms with Crippen LogP contribution in [0.3, 0.4) is 0 Å². The normalized spacial score (nSPS) is 16.0. The van der Waals surface area contributed by atoms with Gasteiger partial charge in [-0.25, -0.2) is 32.0 Å². The molecule has 0 spiro atoms. The van der Waals surface area contributed by atoms with Gasteiger partial charge in [-0.1, -0.05) is 0 Å². The van der Waals surface area contributed by atoms with Gasteiger partial charge in [-0.15, -0.1) is 0 Å². The van der Waals surface area contributed by atoms with Crippen LogP contribution in [0.1, 0.15) is 24.4 Å². The van der Waals surface area contributed by atoms with Gasteiger partial charge in [-0.2, -0.15) is 10.4 Å². The third-order valence-electron chi connectivity index (χ3n) is 5.98. The average Bonchev–Trinajstić information content (AvgIpc) is 3.31. The van der Waals surface area contributed by atoms with Crippen molar-refractivity contribution in [1.82, 2.24) is 33.0 Å². The summed E-state index contributed by atoms with van der Waals surface area (Å²) in [5, 5.41) is 13.5. The number of aryl methyl sites for hydroxylation is 1. The monoisotopic (exact) mass is 452 g/mol. The molecule has 5 rings (SSSR count). The Balaban J connectivity index is 1.61. The van der Waals surface area contributed by atoms with E-state index in [9.17, 15) is 18.5 Å². The van der Waals surface area contributed by atoms with E-state index in [1.165, 1.54) is 15.1 Å². The summed E-state index contributed by atoms with van der Waals surface area (Å²) in [6.45, 7) is 0.713. The summed E-state index contributed by atoms with van der Waals surface area (Å²) in [7, 11) is -1.59. The number of aromatic nitrogens is 6. The molecule has 0 atom stereocenters. The van der Waals surface area contributed by atoms with Crippen LogP contribution in [0.5, 0.6) is 0 Å². The first kappa shape index (κ1) is 20.3. The second kappa shape index (κ2) is 7.25. The van der Waals surface area contributed by atoms with Crippen LogP contribution in [0.15, 0.2) is 35.5 Å². The summed E-state index contributed by atoms with van der Waals surface area (Å²) < 4.78 is 29.9. The standard InChI is InChI=1S/C20H20N8O3S/c1-25-17-12-22-18(15-11-23-27-8-3-13(10-21)9-16(15)27)24-19(17)28(20(25)29)14-4-6-26(7-5-14)32(2,30)31/h3,8-9,11-12,14H,4-7H2,1-2H3. The van der Waals surface area contributed by atoms with E-state index in [-0.39, 0.29) is 11.7 Å². The summed E-state index contributed by atoms with van der Waals surface area (Å²) in [6, 6.07) is 5.34. The molecule has 0 aliphatic carbocycles. The number of imidazole rings is 1. The summed E-state index contributed by atoms with van der Waals surface area (Å²) in [4.78, 5) is 22.2. The Morgan fingerprint density at radius 2 is 1.94 bits per heavy atom. The molecule has 4 aromatic heterocycles. The lowest BCUT2D eigenvalue weighted by atomic mass is 10.1. The summed E-state index contributed by atoms with van der Waals surface area (Å²) in [5.74, 6) is 0.399. The van der Waals surface area contributed by atoms with Crippen molar-refractivity contribution in [2.75, 3.05) is 19.3 Å². The van der Waals surface area contributed by atoms with Crippen LogP contribution in [0.25, 0.3) is 28.1 Å². The van der Waals surface area contributed by atoms with Crippen LogP contribution >= 0.6 is 0 Å². The predicted octanol–water partition coefficient (Wildman–Crippen LogP) is 0.913. The molecular weight excluding hydrogens is 432 g/mol. The van der Waals surface area contributed by atoms with E-state index in [1.54, 1.807) is 46.9 Å². The van der Waals surface area contributed by atoms with E-state index in [1.807, 2.05) is 0 Å². The van der Waals surface area contributed by atoms with Gasteiger partial charge in [-0.3, -0.25) is 9.13 Å². The number of pyridine rings is 1. The maximum absolute atomic E-state index is 13.0. The predicted molar refractivity (Wildman–Crippen MR) is 116 cm³/mol. The van der Waals surface area contributed by atoms with Crippen LogP contribution in [0.2, 0.25) is 0 Å². The average molecular weight is 453 g/mol. The first-order chi connectivity index (χ1) is 15.3. The van der Waals surface area contributed by atoms with Gasteiger partial charge in [0.1, 0.15) is 5.52 Å². The van der Waals surface area contributed by atoms with Gasteiger partial charge in [0.25, 0.3) is 0 Å². The van der Waals surface area contributed by atoms with Crippen molar-refractivity contribution < 1.29 is 8.42 Å². The van der Waals surface area contributed by atoms with Crippen LogP contribution < -0.4 is 5.69 Å². The molecule has 0 bridgehead atoms. The lowest BCUT2D eigenvalue weighted by Crippen LogP contribution is -2.40. The van der Waals surface area contributed by atoms with Crippen molar-refractivity contribution in [3.05, 3.63) is 46.8 Å². The molecule has 32 heavy (non-hydrogen) atoms. The first-order valence-electron chi connectivity index (χ1n) is 10.0. The van der Waals surface area contributed by atoms with E-state index in [0.29, 0.717) is 59.6 Å². The Morgan fingerprint density at radius 3 is 2.62 bits per heavy atom. The summed E-state index contributed by atoms with van der Waals surface area (Å²) in [5.41, 5.74) is 2.72. The van der Waals surface area contributed by atoms with Crippen molar-refractivity contribution in [2.24, 2.45) is 7.05 Å². The smallest absolute Gasteiger partial charge is 0.292 e. The molecule has 5 heterocycles. The quantitative estimate of drug-likeness (QED) is 0.451. The number of hydrogen-bond donors (Lipinski definition) is 0. The number of sulfonamides is 1. The Kier molecular flexibility index (Phi) is 4.61. The van der Waals surface area contributed by atoms with E-state index >= 15 is 0 Å². The summed E-state index contributed by atoms with van der Waals surface area (Å²) >= 11 is 0. The molecule has 0 aromatic carbocycles. The largest absolute Gasteiger partial charge is 0.330 e. The Labute approximate surface area is 183 Å². The Hall–Kier alpha value is -3.56. The zero-order valence-corrected chi connectivity index (χ0v) is 18.3. The number of piperidine rings is 1. The molecule has 0 unspecified atom stereocenters. The number of rotatable bonds is 3. The second-order valence-electron chi connectivity index (χ2n) is 7.92. The minimum absolute atomic E-state index is 0.166. The van der Waals surface area contributed by atoms with Gasteiger partial charge in [0.2, 0.25) is 10.0 Å². The minimum Gasteiger partial charge on any atom is -0.292 e. The van der Waals surface area contributed by atoms with Gasteiger partial charge < -0.3 is 0 Å². The van der Waals surface area contributed by atoms with Crippen LogP contribution in [-0.2, 0) is 17.1 Å². The van der Waals surface area contributed by atoms with Crippen molar-refractivity contribution in [1.29, 1.82) is 5.26 Å². The molecule has 1 fully saturated rings. The Morgan fingerprint density at radius 1 is 1.19 bits per heavy atom. The third kappa shape index (κ3) is 3.17. The number of fused-ring (bicyclic) bond motifs is 2. The van der Waals surface area contributed by atoms with Crippen molar-refractivity contribution in [3.63, 3.8) is 0 Å². The molecule has 0 saturated carbocycles. The summed E-state index contributed by atoms with van der Waals surface area (Å²) in [6.07, 6.45) is 7.18. The van der Waals surface area contributed by atoms with Gasteiger partial charge in [-0.05, 0) is 25.0 Å². The maximum Gasteiger partial charge on any atom is 0.330 e.